The molecule has 2 N–H and O–H groups in total. The first-order valence-electron chi connectivity index (χ1n) is 6.86. The van der Waals surface area contributed by atoms with Crippen molar-refractivity contribution in [2.24, 2.45) is 0 Å². The van der Waals surface area contributed by atoms with Gasteiger partial charge in [0.2, 0.25) is 0 Å². The van der Waals surface area contributed by atoms with Crippen molar-refractivity contribution in [3.63, 3.8) is 0 Å². The fourth-order valence-electron chi connectivity index (χ4n) is 2.17. The molecule has 0 bridgehead atoms. The number of phenols is 1. The lowest BCUT2D eigenvalue weighted by Crippen LogP contribution is -2.27. The molecule has 24 heavy (non-hydrogen) atoms. The van der Waals surface area contributed by atoms with Crippen LogP contribution in [-0.2, 0) is 4.79 Å². The van der Waals surface area contributed by atoms with E-state index in [2.05, 4.69) is 0 Å². The quantitative estimate of drug-likeness (QED) is 0.647. The Balaban J connectivity index is 1.87. The number of hydrogen-bond acceptors (Lipinski definition) is 5. The maximum Gasteiger partial charge on any atom is 0.335 e. The van der Waals surface area contributed by atoms with Crippen molar-refractivity contribution in [2.75, 3.05) is 4.90 Å². The third-order valence-corrected chi connectivity index (χ3v) is 4.66. The molecule has 1 fully saturated rings. The molecule has 0 spiro atoms. The minimum atomic E-state index is -1.000. The second kappa shape index (κ2) is 6.46. The van der Waals surface area contributed by atoms with Gasteiger partial charge in [-0.3, -0.25) is 9.69 Å². The Hall–Kier alpha value is -2.64. The van der Waals surface area contributed by atoms with Crippen molar-refractivity contribution in [3.8, 4) is 5.75 Å². The number of amides is 1. The van der Waals surface area contributed by atoms with Crippen LogP contribution in [0.5, 0.6) is 5.75 Å². The lowest BCUT2D eigenvalue weighted by molar-refractivity contribution is -0.113. The summed E-state index contributed by atoms with van der Waals surface area (Å²) >= 11 is 6.44. The van der Waals surface area contributed by atoms with Gasteiger partial charge in [0.05, 0.1) is 16.2 Å². The molecule has 0 unspecified atom stereocenters. The number of carbonyl (C=O) groups is 2. The van der Waals surface area contributed by atoms with Crippen molar-refractivity contribution in [1.29, 1.82) is 0 Å². The number of thioether (sulfide) groups is 1. The molecule has 0 radical (unpaired) electrons. The molecule has 1 aliphatic heterocycles. The molecule has 2 aromatic carbocycles. The number of phenolic OH excluding ortho intramolecular Hbond substituents is 1. The van der Waals surface area contributed by atoms with Crippen LogP contribution < -0.4 is 4.90 Å². The zero-order chi connectivity index (χ0) is 17.3. The van der Waals surface area contributed by atoms with Crippen LogP contribution in [0.4, 0.5) is 5.69 Å². The molecule has 2 aromatic rings. The van der Waals surface area contributed by atoms with Crippen LogP contribution >= 0.6 is 24.0 Å². The maximum atomic E-state index is 12.6. The van der Waals surface area contributed by atoms with E-state index in [-0.39, 0.29) is 17.2 Å². The number of carbonyl (C=O) groups excluding carboxylic acids is 1. The van der Waals surface area contributed by atoms with Crippen molar-refractivity contribution >= 4 is 51.9 Å². The van der Waals surface area contributed by atoms with E-state index in [9.17, 15) is 14.7 Å². The first kappa shape index (κ1) is 16.2. The maximum absolute atomic E-state index is 12.6. The van der Waals surface area contributed by atoms with E-state index in [0.29, 0.717) is 20.5 Å². The van der Waals surface area contributed by atoms with Crippen molar-refractivity contribution in [1.82, 2.24) is 0 Å². The van der Waals surface area contributed by atoms with E-state index >= 15 is 0 Å². The molecule has 1 saturated heterocycles. The van der Waals surface area contributed by atoms with Gasteiger partial charge in [-0.05, 0) is 48.0 Å². The van der Waals surface area contributed by atoms with Crippen LogP contribution in [0.3, 0.4) is 0 Å². The van der Waals surface area contributed by atoms with Gasteiger partial charge >= 0.3 is 5.97 Å². The predicted octanol–water partition coefficient (Wildman–Crippen LogP) is 3.50. The van der Waals surface area contributed by atoms with E-state index < -0.39 is 5.97 Å². The summed E-state index contributed by atoms with van der Waals surface area (Å²) in [7, 11) is 0. The molecule has 0 atom stereocenters. The Morgan fingerprint density at radius 2 is 1.71 bits per heavy atom. The third-order valence-electron chi connectivity index (χ3n) is 3.36. The summed E-state index contributed by atoms with van der Waals surface area (Å²) in [5, 5.41) is 18.2. The summed E-state index contributed by atoms with van der Waals surface area (Å²) in [6.45, 7) is 0. The highest BCUT2D eigenvalue weighted by molar-refractivity contribution is 8.27. The summed E-state index contributed by atoms with van der Waals surface area (Å²) < 4.78 is 0.402. The zero-order valence-electron chi connectivity index (χ0n) is 12.2. The molecular weight excluding hydrogens is 346 g/mol. The molecule has 0 aromatic heterocycles. The predicted molar refractivity (Wildman–Crippen MR) is 97.2 cm³/mol. The summed E-state index contributed by atoms with van der Waals surface area (Å²) in [6, 6.07) is 12.4. The van der Waals surface area contributed by atoms with Gasteiger partial charge in [-0.25, -0.2) is 4.79 Å². The highest BCUT2D eigenvalue weighted by Crippen LogP contribution is 2.36. The molecule has 3 rings (SSSR count). The van der Waals surface area contributed by atoms with E-state index in [0.717, 1.165) is 0 Å². The molecule has 5 nitrogen and oxygen atoms in total. The molecule has 0 saturated carbocycles. The Morgan fingerprint density at radius 1 is 1.08 bits per heavy atom. The van der Waals surface area contributed by atoms with Crippen LogP contribution in [-0.4, -0.2) is 26.4 Å². The van der Waals surface area contributed by atoms with E-state index in [1.807, 2.05) is 0 Å². The topological polar surface area (TPSA) is 77.8 Å². The van der Waals surface area contributed by atoms with E-state index in [4.69, 9.17) is 17.3 Å². The summed E-state index contributed by atoms with van der Waals surface area (Å²) in [6.07, 6.45) is 1.67. The number of carboxylic acid groups (broad SMARTS) is 1. The van der Waals surface area contributed by atoms with E-state index in [1.54, 1.807) is 30.3 Å². The number of rotatable bonds is 3. The second-order valence-electron chi connectivity index (χ2n) is 4.96. The number of thiocarbonyl (C=S) groups is 1. The minimum absolute atomic E-state index is 0.109. The average Bonchev–Trinajstić information content (AvgIpc) is 2.83. The molecule has 120 valence electrons. The van der Waals surface area contributed by atoms with Crippen molar-refractivity contribution < 1.29 is 19.8 Å². The lowest BCUT2D eigenvalue weighted by Gasteiger charge is -2.14. The highest BCUT2D eigenvalue weighted by Gasteiger charge is 2.33. The van der Waals surface area contributed by atoms with Crippen LogP contribution in [0.15, 0.2) is 53.4 Å². The van der Waals surface area contributed by atoms with Gasteiger partial charge in [0, 0.05) is 0 Å². The van der Waals surface area contributed by atoms with Gasteiger partial charge in [0.15, 0.2) is 4.32 Å². The first-order valence-corrected chi connectivity index (χ1v) is 8.08. The number of nitrogens with zero attached hydrogens (tertiary/aromatic N) is 1. The monoisotopic (exact) mass is 357 g/mol. The molecule has 1 heterocycles. The van der Waals surface area contributed by atoms with Gasteiger partial charge < -0.3 is 10.2 Å². The van der Waals surface area contributed by atoms with Crippen molar-refractivity contribution in [3.05, 3.63) is 64.6 Å². The molecule has 1 amide bonds. The summed E-state index contributed by atoms with van der Waals surface area (Å²) in [5.74, 6) is -1.14. The average molecular weight is 357 g/mol. The molecule has 7 heteroatoms. The highest BCUT2D eigenvalue weighted by atomic mass is 32.2. The van der Waals surface area contributed by atoms with Crippen LogP contribution in [0.1, 0.15) is 15.9 Å². The molecular formula is C17H11NO4S2. The first-order chi connectivity index (χ1) is 11.5. The fraction of sp³-hybridized carbons (Fsp3) is 0. The molecule has 1 aliphatic rings. The Labute approximate surface area is 147 Å². The number of aromatic carboxylic acids is 1. The Bertz CT molecular complexity index is 857. The second-order valence-corrected chi connectivity index (χ2v) is 6.64. The smallest absolute Gasteiger partial charge is 0.335 e. The standard InChI is InChI=1S/C17H11NO4S2/c19-13-7-5-12(6-8-13)18-15(20)14(24-17(18)23)9-10-1-3-11(4-2-10)16(21)22/h1-9,19H,(H,21,22)/b14-9-. The number of benzene rings is 2. The lowest BCUT2D eigenvalue weighted by atomic mass is 10.1. The Morgan fingerprint density at radius 3 is 2.29 bits per heavy atom. The fourth-order valence-corrected chi connectivity index (χ4v) is 3.46. The third kappa shape index (κ3) is 3.17. The number of hydrogen-bond donors (Lipinski definition) is 2. The van der Waals surface area contributed by atoms with Crippen molar-refractivity contribution in [2.45, 2.75) is 0 Å². The van der Waals surface area contributed by atoms with E-state index in [1.165, 1.54) is 40.9 Å². The summed E-state index contributed by atoms with van der Waals surface area (Å²) in [4.78, 5) is 25.3. The van der Waals surface area contributed by atoms with Gasteiger partial charge in [0.1, 0.15) is 5.75 Å². The van der Waals surface area contributed by atoms with Gasteiger partial charge in [-0.2, -0.15) is 0 Å². The van der Waals surface area contributed by atoms with Crippen LogP contribution in [0.25, 0.3) is 6.08 Å². The largest absolute Gasteiger partial charge is 0.508 e. The number of carboxylic acids is 1. The van der Waals surface area contributed by atoms with Gasteiger partial charge in [0.25, 0.3) is 5.91 Å². The number of aromatic hydroxyl groups is 1. The normalized spacial score (nSPS) is 16.0. The number of anilines is 1. The van der Waals surface area contributed by atoms with Crippen LogP contribution in [0.2, 0.25) is 0 Å². The summed E-state index contributed by atoms with van der Waals surface area (Å²) in [5.41, 5.74) is 1.48. The van der Waals surface area contributed by atoms with Gasteiger partial charge in [-0.15, -0.1) is 0 Å². The zero-order valence-corrected chi connectivity index (χ0v) is 13.8. The van der Waals surface area contributed by atoms with Gasteiger partial charge in [-0.1, -0.05) is 36.1 Å². The van der Waals surface area contributed by atoms with Crippen LogP contribution in [0, 0.1) is 0 Å². The minimum Gasteiger partial charge on any atom is -0.508 e. The SMILES string of the molecule is O=C(O)c1ccc(/C=C2\SC(=S)N(c3ccc(O)cc3)C2=O)cc1. The molecule has 0 aliphatic carbocycles. The Kier molecular flexibility index (Phi) is 4.37.